The number of halogens is 1. The van der Waals surface area contributed by atoms with Crippen LogP contribution in [0.5, 0.6) is 0 Å². The maximum absolute atomic E-state index is 12.6. The SMILES string of the molecule is CCc1ccccc1F.Cc1ccc(-c2ccccc2)cc1.Cc1ccc2c(c1)C(C)(C)c1cc(C)c3ccccc3c1-2.Cc1ccccc1.Cc1ccccc1-c1cccc(C)c1C. The highest BCUT2D eigenvalue weighted by atomic mass is 19.1. The van der Waals surface area contributed by atoms with Gasteiger partial charge in [0.15, 0.2) is 0 Å². The Morgan fingerprint density at radius 3 is 1.52 bits per heavy atom. The van der Waals surface area contributed by atoms with Crippen LogP contribution in [-0.4, -0.2) is 0 Å². The average Bonchev–Trinajstić information content (AvgIpc) is 3.54. The van der Waals surface area contributed by atoms with E-state index in [1.54, 1.807) is 12.1 Å². The second-order valence-electron chi connectivity index (χ2n) is 17.7. The van der Waals surface area contributed by atoms with Crippen molar-refractivity contribution in [1.82, 2.24) is 0 Å². The molecule has 1 aliphatic carbocycles. The standard InChI is InChI=1S/C21H20.C15H16.C13H12.C8H9F.C7H8/c1-13-9-10-17-18(11-13)21(3,4)19-12-14(2)15-7-5-6-8-16(15)20(17)19;1-11-8-6-10-15(13(11)3)14-9-5-4-7-12(14)2;1-11-7-9-13(10-8-11)12-5-3-2-4-6-12;1-2-7-5-3-4-6-8(7)9;1-7-5-3-2-4-6-7/h5-12H,1-4H3;4-10H,1-3H3;2-10H,1H3;3-6H,2H2,1H3;2-6H,1H3. The largest absolute Gasteiger partial charge is 0.207 e. The smallest absolute Gasteiger partial charge is 0.126 e. The molecule has 0 aromatic heterocycles. The molecule has 0 unspecified atom stereocenters. The number of hydrogen-bond donors (Lipinski definition) is 0. The van der Waals surface area contributed by atoms with Crippen molar-refractivity contribution in [2.24, 2.45) is 0 Å². The van der Waals surface area contributed by atoms with Crippen molar-refractivity contribution >= 4 is 10.8 Å². The van der Waals surface area contributed by atoms with Gasteiger partial charge in [0, 0.05) is 5.41 Å². The van der Waals surface area contributed by atoms with Gasteiger partial charge < -0.3 is 0 Å². The lowest BCUT2D eigenvalue weighted by molar-refractivity contribution is 0.612. The quantitative estimate of drug-likeness (QED) is 0.166. The number of fused-ring (bicyclic) bond motifs is 5. The topological polar surface area (TPSA) is 0 Å². The van der Waals surface area contributed by atoms with Crippen LogP contribution in [0.25, 0.3) is 44.2 Å². The summed E-state index contributed by atoms with van der Waals surface area (Å²) in [5, 5.41) is 2.77. The molecule has 0 fully saturated rings. The summed E-state index contributed by atoms with van der Waals surface area (Å²) in [7, 11) is 0. The summed E-state index contributed by atoms with van der Waals surface area (Å²) >= 11 is 0. The fourth-order valence-corrected chi connectivity index (χ4v) is 8.49. The van der Waals surface area contributed by atoms with Crippen molar-refractivity contribution in [2.75, 3.05) is 0 Å². The number of hydrogen-bond acceptors (Lipinski definition) is 0. The third-order valence-electron chi connectivity index (χ3n) is 12.5. The van der Waals surface area contributed by atoms with Gasteiger partial charge in [0.05, 0.1) is 0 Å². The fraction of sp³-hybridized carbons (Fsp3) is 0.188. The van der Waals surface area contributed by atoms with E-state index < -0.39 is 0 Å². The van der Waals surface area contributed by atoms with Crippen molar-refractivity contribution in [1.29, 1.82) is 0 Å². The van der Waals surface area contributed by atoms with Crippen LogP contribution in [-0.2, 0) is 11.8 Å². The minimum Gasteiger partial charge on any atom is -0.207 e. The van der Waals surface area contributed by atoms with E-state index in [1.807, 2.05) is 37.3 Å². The first-order valence-corrected chi connectivity index (χ1v) is 22.9. The third kappa shape index (κ3) is 11.9. The van der Waals surface area contributed by atoms with Crippen molar-refractivity contribution < 1.29 is 4.39 Å². The summed E-state index contributed by atoms with van der Waals surface area (Å²) < 4.78 is 12.6. The zero-order valence-corrected chi connectivity index (χ0v) is 40.1. The molecule has 1 aliphatic rings. The predicted molar refractivity (Wildman–Crippen MR) is 281 cm³/mol. The average molecular weight is 853 g/mol. The molecule has 0 radical (unpaired) electrons. The summed E-state index contributed by atoms with van der Waals surface area (Å²) in [6.07, 6.45) is 0.771. The molecule has 0 atom stereocenters. The van der Waals surface area contributed by atoms with E-state index in [0.29, 0.717) is 0 Å². The monoisotopic (exact) mass is 853 g/mol. The van der Waals surface area contributed by atoms with Crippen LogP contribution < -0.4 is 0 Å². The second-order valence-corrected chi connectivity index (χ2v) is 17.7. The molecule has 0 nitrogen and oxygen atoms in total. The van der Waals surface area contributed by atoms with Crippen LogP contribution in [0.3, 0.4) is 0 Å². The summed E-state index contributed by atoms with van der Waals surface area (Å²) in [6, 6.07) is 69.3. The van der Waals surface area contributed by atoms with Gasteiger partial charge >= 0.3 is 0 Å². The van der Waals surface area contributed by atoms with E-state index in [9.17, 15) is 4.39 Å². The van der Waals surface area contributed by atoms with Crippen LogP contribution in [0, 0.1) is 54.3 Å². The lowest BCUT2D eigenvalue weighted by Gasteiger charge is -2.22. The molecule has 0 bridgehead atoms. The molecule has 0 aliphatic heterocycles. The van der Waals surface area contributed by atoms with Gasteiger partial charge in [-0.05, 0) is 144 Å². The van der Waals surface area contributed by atoms with E-state index in [1.165, 1.54) is 100 Å². The van der Waals surface area contributed by atoms with Crippen LogP contribution in [0.15, 0.2) is 200 Å². The van der Waals surface area contributed by atoms with E-state index in [4.69, 9.17) is 0 Å². The van der Waals surface area contributed by atoms with Gasteiger partial charge in [0.1, 0.15) is 5.82 Å². The normalized spacial score (nSPS) is 11.5. The first-order chi connectivity index (χ1) is 31.3. The highest BCUT2D eigenvalue weighted by Gasteiger charge is 2.36. The van der Waals surface area contributed by atoms with Crippen molar-refractivity contribution in [2.45, 2.75) is 81.1 Å². The van der Waals surface area contributed by atoms with Gasteiger partial charge in [0.25, 0.3) is 0 Å². The van der Waals surface area contributed by atoms with Crippen molar-refractivity contribution in [3.8, 4) is 33.4 Å². The first-order valence-electron chi connectivity index (χ1n) is 22.9. The third-order valence-corrected chi connectivity index (χ3v) is 12.5. The van der Waals surface area contributed by atoms with Crippen molar-refractivity contribution in [3.63, 3.8) is 0 Å². The minimum atomic E-state index is -0.0972. The number of rotatable bonds is 3. The predicted octanol–water partition coefficient (Wildman–Crippen LogP) is 18.1. The molecule has 1 heteroatoms. The molecule has 0 N–H and O–H groups in total. The Morgan fingerprint density at radius 1 is 0.385 bits per heavy atom. The first kappa shape index (κ1) is 47.6. The molecular formula is C64H65F. The van der Waals surface area contributed by atoms with Gasteiger partial charge in [-0.1, -0.05) is 232 Å². The molecule has 0 saturated heterocycles. The minimum absolute atomic E-state index is 0.0888. The summed E-state index contributed by atoms with van der Waals surface area (Å²) in [6.45, 7) is 21.8. The lowest BCUT2D eigenvalue weighted by atomic mass is 9.81. The Hall–Kier alpha value is -6.83. The summed E-state index contributed by atoms with van der Waals surface area (Å²) in [5.74, 6) is -0.0972. The van der Waals surface area contributed by atoms with Gasteiger partial charge in [-0.2, -0.15) is 0 Å². The molecular weight excluding hydrogens is 788 g/mol. The summed E-state index contributed by atoms with van der Waals surface area (Å²) in [4.78, 5) is 0. The van der Waals surface area contributed by atoms with E-state index in [-0.39, 0.29) is 11.2 Å². The maximum Gasteiger partial charge on any atom is 0.126 e. The Labute approximate surface area is 389 Å². The van der Waals surface area contributed by atoms with Crippen LogP contribution in [0.2, 0.25) is 0 Å². The van der Waals surface area contributed by atoms with Crippen LogP contribution >= 0.6 is 0 Å². The molecule has 0 heterocycles. The Kier molecular flexibility index (Phi) is 16.3. The van der Waals surface area contributed by atoms with E-state index >= 15 is 0 Å². The molecule has 0 spiro atoms. The highest BCUT2D eigenvalue weighted by molar-refractivity contribution is 6.03. The Balaban J connectivity index is 0.000000142. The Morgan fingerprint density at radius 2 is 0.908 bits per heavy atom. The highest BCUT2D eigenvalue weighted by Crippen LogP contribution is 2.52. The molecule has 65 heavy (non-hydrogen) atoms. The van der Waals surface area contributed by atoms with Crippen molar-refractivity contribution in [3.05, 3.63) is 262 Å². The molecule has 0 amide bonds. The maximum atomic E-state index is 12.6. The van der Waals surface area contributed by atoms with Crippen LogP contribution in [0.4, 0.5) is 4.39 Å². The molecule has 10 rings (SSSR count). The number of benzene rings is 9. The fourth-order valence-electron chi connectivity index (χ4n) is 8.49. The summed E-state index contributed by atoms with van der Waals surface area (Å²) in [5.41, 5.74) is 21.4. The molecule has 9 aromatic carbocycles. The van der Waals surface area contributed by atoms with Gasteiger partial charge in [0.2, 0.25) is 0 Å². The molecule has 0 saturated carbocycles. The van der Waals surface area contributed by atoms with Gasteiger partial charge in [-0.25, -0.2) is 4.39 Å². The zero-order valence-electron chi connectivity index (χ0n) is 40.1. The Bertz CT molecular complexity index is 2940. The number of aryl methyl sites for hydroxylation is 7. The lowest BCUT2D eigenvalue weighted by Crippen LogP contribution is -2.15. The van der Waals surface area contributed by atoms with E-state index in [2.05, 4.69) is 214 Å². The van der Waals surface area contributed by atoms with Gasteiger partial charge in [-0.3, -0.25) is 0 Å². The van der Waals surface area contributed by atoms with E-state index in [0.717, 1.165) is 12.0 Å². The van der Waals surface area contributed by atoms with Gasteiger partial charge in [-0.15, -0.1) is 0 Å². The van der Waals surface area contributed by atoms with Crippen LogP contribution in [0.1, 0.15) is 76.4 Å². The zero-order chi connectivity index (χ0) is 46.5. The molecule has 328 valence electrons. The second kappa shape index (κ2) is 22.2. The molecule has 9 aromatic rings.